The lowest BCUT2D eigenvalue weighted by molar-refractivity contribution is -0.138. The van der Waals surface area contributed by atoms with E-state index in [-0.39, 0.29) is 18.4 Å². The van der Waals surface area contributed by atoms with E-state index in [1.54, 1.807) is 19.0 Å². The van der Waals surface area contributed by atoms with Crippen molar-refractivity contribution in [2.24, 2.45) is 5.73 Å². The quantitative estimate of drug-likeness (QED) is 0.585. The number of hydrogen-bond acceptors (Lipinski definition) is 5. The van der Waals surface area contributed by atoms with Crippen LogP contribution in [0.3, 0.4) is 0 Å². The third-order valence-electron chi connectivity index (χ3n) is 3.25. The highest BCUT2D eigenvalue weighted by Crippen LogP contribution is 2.07. The van der Waals surface area contributed by atoms with Crippen molar-refractivity contribution in [2.75, 3.05) is 46.9 Å². The Balaban J connectivity index is 2.53. The molecule has 1 heterocycles. The van der Waals surface area contributed by atoms with E-state index >= 15 is 0 Å². The zero-order chi connectivity index (χ0) is 15.1. The lowest BCUT2D eigenvalue weighted by Crippen LogP contribution is -2.55. The second kappa shape index (κ2) is 8.13. The molecule has 114 valence electrons. The van der Waals surface area contributed by atoms with Gasteiger partial charge in [0.15, 0.2) is 0 Å². The molecule has 20 heavy (non-hydrogen) atoms. The second-order valence-corrected chi connectivity index (χ2v) is 5.23. The summed E-state index contributed by atoms with van der Waals surface area (Å²) in [5, 5.41) is 2.59. The minimum absolute atomic E-state index is 0.0583. The maximum atomic E-state index is 12.1. The van der Waals surface area contributed by atoms with Crippen LogP contribution in [-0.4, -0.2) is 79.6 Å². The summed E-state index contributed by atoms with van der Waals surface area (Å²) in [5.41, 5.74) is 5.42. The number of rotatable bonds is 6. The number of nitrogens with zero attached hydrogens (tertiary/aromatic N) is 2. The maximum Gasteiger partial charge on any atom is 0.239 e. The molecule has 0 aromatic carbocycles. The molecule has 0 saturated carbocycles. The molecule has 1 atom stereocenters. The molecule has 7 nitrogen and oxygen atoms in total. The number of ether oxygens (including phenoxy) is 1. The molecule has 0 aliphatic carbocycles. The molecule has 0 aromatic rings. The number of hydrogen-bond donors (Lipinski definition) is 2. The van der Waals surface area contributed by atoms with Gasteiger partial charge in [-0.1, -0.05) is 12.2 Å². The first-order chi connectivity index (χ1) is 9.45. The molecular formula is C12H22N4O3S. The average Bonchev–Trinajstić information content (AvgIpc) is 2.44. The van der Waals surface area contributed by atoms with Gasteiger partial charge in [-0.05, 0) is 0 Å². The average molecular weight is 302 g/mol. The van der Waals surface area contributed by atoms with E-state index in [9.17, 15) is 9.59 Å². The Kier molecular flexibility index (Phi) is 6.83. The number of nitrogens with two attached hydrogens (primary N) is 1. The molecule has 1 saturated heterocycles. The predicted octanol–water partition coefficient (Wildman–Crippen LogP) is -1.43. The van der Waals surface area contributed by atoms with Crippen LogP contribution in [0.1, 0.15) is 6.42 Å². The smallest absolute Gasteiger partial charge is 0.239 e. The molecule has 1 aliphatic heterocycles. The summed E-state index contributed by atoms with van der Waals surface area (Å²) in [6, 6.07) is -0.415. The summed E-state index contributed by atoms with van der Waals surface area (Å²) < 4.78 is 5.30. The molecule has 0 aromatic heterocycles. The Labute approximate surface area is 124 Å². The van der Waals surface area contributed by atoms with Gasteiger partial charge in [0.1, 0.15) is 6.04 Å². The summed E-state index contributed by atoms with van der Waals surface area (Å²) in [6.07, 6.45) is 0.500. The summed E-state index contributed by atoms with van der Waals surface area (Å²) in [4.78, 5) is 27.7. The monoisotopic (exact) mass is 302 g/mol. The minimum atomic E-state index is -0.415. The van der Waals surface area contributed by atoms with E-state index in [0.717, 1.165) is 0 Å². The van der Waals surface area contributed by atoms with E-state index in [1.165, 1.54) is 0 Å². The van der Waals surface area contributed by atoms with Crippen molar-refractivity contribution in [1.29, 1.82) is 0 Å². The number of morpholine rings is 1. The van der Waals surface area contributed by atoms with Gasteiger partial charge in [-0.2, -0.15) is 0 Å². The SMILES string of the molecule is CNC(=O)C1COCCN1CC(=O)N(C)CCC(N)=S. The fraction of sp³-hybridized carbons (Fsp3) is 0.750. The first kappa shape index (κ1) is 16.8. The molecule has 1 aliphatic rings. The van der Waals surface area contributed by atoms with Crippen LogP contribution >= 0.6 is 12.2 Å². The van der Waals surface area contributed by atoms with Crippen LogP contribution in [0.5, 0.6) is 0 Å². The van der Waals surface area contributed by atoms with Gasteiger partial charge in [0.05, 0.1) is 24.7 Å². The number of amides is 2. The topological polar surface area (TPSA) is 87.9 Å². The van der Waals surface area contributed by atoms with E-state index in [0.29, 0.717) is 37.7 Å². The molecule has 1 rings (SSSR count). The van der Waals surface area contributed by atoms with E-state index in [2.05, 4.69) is 5.32 Å². The molecule has 0 radical (unpaired) electrons. The Bertz CT molecular complexity index is 378. The molecule has 1 fully saturated rings. The fourth-order valence-electron chi connectivity index (χ4n) is 1.93. The number of likely N-dealkylation sites (N-methyl/N-ethyl adjacent to an activating group) is 2. The Morgan fingerprint density at radius 1 is 1.55 bits per heavy atom. The van der Waals surface area contributed by atoms with Crippen molar-refractivity contribution in [3.63, 3.8) is 0 Å². The van der Waals surface area contributed by atoms with Crippen LogP contribution in [-0.2, 0) is 14.3 Å². The predicted molar refractivity (Wildman–Crippen MR) is 79.3 cm³/mol. The first-order valence-corrected chi connectivity index (χ1v) is 6.92. The van der Waals surface area contributed by atoms with Gasteiger partial charge in [-0.25, -0.2) is 0 Å². The van der Waals surface area contributed by atoms with Gasteiger partial charge in [0.25, 0.3) is 0 Å². The molecule has 0 spiro atoms. The van der Waals surface area contributed by atoms with Crippen molar-refractivity contribution in [2.45, 2.75) is 12.5 Å². The largest absolute Gasteiger partial charge is 0.393 e. The first-order valence-electron chi connectivity index (χ1n) is 6.51. The molecular weight excluding hydrogens is 280 g/mol. The van der Waals surface area contributed by atoms with Gasteiger partial charge in [-0.3, -0.25) is 14.5 Å². The molecule has 0 bridgehead atoms. The Morgan fingerprint density at radius 3 is 2.85 bits per heavy atom. The fourth-order valence-corrected chi connectivity index (χ4v) is 2.02. The van der Waals surface area contributed by atoms with E-state index in [4.69, 9.17) is 22.7 Å². The molecule has 3 N–H and O–H groups in total. The van der Waals surface area contributed by atoms with Gasteiger partial charge >= 0.3 is 0 Å². The summed E-state index contributed by atoms with van der Waals surface area (Å²) in [6.45, 7) is 2.08. The van der Waals surface area contributed by atoms with Gasteiger partial charge in [0.2, 0.25) is 11.8 Å². The van der Waals surface area contributed by atoms with Crippen molar-refractivity contribution >= 4 is 29.0 Å². The van der Waals surface area contributed by atoms with Crippen LogP contribution in [0.15, 0.2) is 0 Å². The number of thiocarbonyl (C=S) groups is 1. The number of carbonyl (C=O) groups excluding carboxylic acids is 2. The zero-order valence-electron chi connectivity index (χ0n) is 11.9. The molecule has 8 heteroatoms. The van der Waals surface area contributed by atoms with Crippen LogP contribution in [0, 0.1) is 0 Å². The van der Waals surface area contributed by atoms with Crippen LogP contribution in [0.25, 0.3) is 0 Å². The highest BCUT2D eigenvalue weighted by Gasteiger charge is 2.30. The highest BCUT2D eigenvalue weighted by atomic mass is 32.1. The van der Waals surface area contributed by atoms with Crippen molar-refractivity contribution < 1.29 is 14.3 Å². The van der Waals surface area contributed by atoms with Crippen LogP contribution < -0.4 is 11.1 Å². The van der Waals surface area contributed by atoms with Crippen molar-refractivity contribution in [1.82, 2.24) is 15.1 Å². The normalized spacial score (nSPS) is 19.4. The highest BCUT2D eigenvalue weighted by molar-refractivity contribution is 7.80. The standard InChI is InChI=1S/C12H22N4O3S/c1-14-12(18)9-8-19-6-5-16(9)7-11(17)15(2)4-3-10(13)20/h9H,3-8H2,1-2H3,(H2,13,20)(H,14,18). The third-order valence-corrected chi connectivity index (χ3v) is 3.45. The Hall–Kier alpha value is -1.25. The summed E-state index contributed by atoms with van der Waals surface area (Å²) in [5.74, 6) is -0.194. The zero-order valence-corrected chi connectivity index (χ0v) is 12.7. The lowest BCUT2D eigenvalue weighted by atomic mass is 10.2. The van der Waals surface area contributed by atoms with Gasteiger partial charge in [0, 0.05) is 33.6 Å². The summed E-state index contributed by atoms with van der Waals surface area (Å²) in [7, 11) is 3.28. The summed E-state index contributed by atoms with van der Waals surface area (Å²) >= 11 is 4.79. The van der Waals surface area contributed by atoms with Crippen molar-refractivity contribution in [3.8, 4) is 0 Å². The van der Waals surface area contributed by atoms with Gasteiger partial charge < -0.3 is 20.7 Å². The van der Waals surface area contributed by atoms with Crippen LogP contribution in [0.2, 0.25) is 0 Å². The van der Waals surface area contributed by atoms with E-state index in [1.807, 2.05) is 4.90 Å². The maximum absolute atomic E-state index is 12.1. The molecule has 2 amide bonds. The number of nitrogens with one attached hydrogen (secondary N) is 1. The second-order valence-electron chi connectivity index (χ2n) is 4.71. The number of carbonyl (C=O) groups is 2. The van der Waals surface area contributed by atoms with Gasteiger partial charge in [-0.15, -0.1) is 0 Å². The lowest BCUT2D eigenvalue weighted by Gasteiger charge is -2.34. The van der Waals surface area contributed by atoms with E-state index < -0.39 is 6.04 Å². The molecule has 1 unspecified atom stereocenters. The third kappa shape index (κ3) is 5.03. The Morgan fingerprint density at radius 2 is 2.25 bits per heavy atom. The van der Waals surface area contributed by atoms with Crippen molar-refractivity contribution in [3.05, 3.63) is 0 Å². The van der Waals surface area contributed by atoms with Crippen LogP contribution in [0.4, 0.5) is 0 Å². The minimum Gasteiger partial charge on any atom is -0.393 e.